The van der Waals surface area contributed by atoms with E-state index in [9.17, 15) is 0 Å². The molecule has 0 radical (unpaired) electrons. The summed E-state index contributed by atoms with van der Waals surface area (Å²) in [5, 5.41) is 9.03. The minimum absolute atomic E-state index is 0. The number of aromatic nitrogens is 1. The zero-order valence-electron chi connectivity index (χ0n) is 14.2. The van der Waals surface area contributed by atoms with Crippen molar-refractivity contribution in [3.05, 3.63) is 39.6 Å². The fraction of sp³-hybridized carbons (Fsp3) is 0.526. The highest BCUT2D eigenvalue weighted by Gasteiger charge is 2.41. The molecule has 1 aliphatic heterocycles. The molecule has 3 atom stereocenters. The van der Waals surface area contributed by atoms with Crippen molar-refractivity contribution in [2.45, 2.75) is 50.4 Å². The van der Waals surface area contributed by atoms with Gasteiger partial charge in [0.05, 0.1) is 22.8 Å². The fourth-order valence-electron chi connectivity index (χ4n) is 4.23. The maximum absolute atomic E-state index is 6.40. The Morgan fingerprint density at radius 3 is 2.58 bits per heavy atom. The Morgan fingerprint density at radius 1 is 1.19 bits per heavy atom. The third kappa shape index (κ3) is 3.27. The molecule has 140 valence electrons. The van der Waals surface area contributed by atoms with E-state index in [1.54, 1.807) is 0 Å². The first-order valence-corrected chi connectivity index (χ1v) is 9.74. The number of hydrogen-bond donors (Lipinski definition) is 1. The zero-order valence-corrected chi connectivity index (χ0v) is 16.5. The predicted molar refractivity (Wildman–Crippen MR) is 104 cm³/mol. The van der Waals surface area contributed by atoms with Crippen molar-refractivity contribution in [3.63, 3.8) is 0 Å². The summed E-state index contributed by atoms with van der Waals surface area (Å²) in [5.74, 6) is 2.04. The number of nitrogens with one attached hydrogen (secondary N) is 1. The monoisotopic (exact) mass is 414 g/mol. The van der Waals surface area contributed by atoms with Crippen LogP contribution in [0.25, 0.3) is 11.3 Å². The minimum atomic E-state index is 0. The van der Waals surface area contributed by atoms with Gasteiger partial charge in [-0.1, -0.05) is 34.4 Å². The SMILES string of the molecule is Cl.Clc1cccc(Cl)c1-c1noc(C2CC2)c1CO[C@H]1C[C@@H]2C[C@H]1CN2. The van der Waals surface area contributed by atoms with Crippen molar-refractivity contribution >= 4 is 35.6 Å². The molecule has 0 amide bonds. The van der Waals surface area contributed by atoms with Gasteiger partial charge in [-0.3, -0.25) is 0 Å². The molecular formula is C19H21Cl3N2O2. The second kappa shape index (κ2) is 7.33. The van der Waals surface area contributed by atoms with Gasteiger partial charge in [-0.05, 0) is 43.7 Å². The Hall–Kier alpha value is -0.780. The molecule has 7 heteroatoms. The highest BCUT2D eigenvalue weighted by molar-refractivity contribution is 6.39. The van der Waals surface area contributed by atoms with E-state index in [2.05, 4.69) is 10.5 Å². The third-order valence-corrected chi connectivity index (χ3v) is 6.34. The number of halogens is 3. The number of rotatable bonds is 5. The Labute approximate surface area is 169 Å². The van der Waals surface area contributed by atoms with Crippen molar-refractivity contribution in [2.24, 2.45) is 5.92 Å². The molecule has 2 bridgehead atoms. The normalized spacial score (nSPS) is 26.9. The standard InChI is InChI=1S/C19H20Cl2N2O2.ClH/c20-14-2-1-3-15(21)17(14)18-13(19(25-23-18)10-4-5-10)9-24-16-7-12-6-11(16)8-22-12;/h1-3,10-12,16,22H,4-9H2;1H/t11-,12-,16-;/m0./s1. The summed E-state index contributed by atoms with van der Waals surface area (Å²) in [4.78, 5) is 0. The summed E-state index contributed by atoms with van der Waals surface area (Å²) < 4.78 is 12.0. The average molecular weight is 416 g/mol. The second-order valence-corrected chi connectivity index (χ2v) is 8.25. The van der Waals surface area contributed by atoms with Crippen LogP contribution in [0.2, 0.25) is 10.0 Å². The lowest BCUT2D eigenvalue weighted by atomic mass is 10.0. The quantitative estimate of drug-likeness (QED) is 0.728. The van der Waals surface area contributed by atoms with Crippen LogP contribution in [0.3, 0.4) is 0 Å². The van der Waals surface area contributed by atoms with Crippen molar-refractivity contribution in [3.8, 4) is 11.3 Å². The lowest BCUT2D eigenvalue weighted by molar-refractivity contribution is 0.00914. The fourth-order valence-corrected chi connectivity index (χ4v) is 4.80. The van der Waals surface area contributed by atoms with E-state index in [0.717, 1.165) is 48.4 Å². The van der Waals surface area contributed by atoms with E-state index in [-0.39, 0.29) is 12.4 Å². The molecule has 4 nitrogen and oxygen atoms in total. The van der Waals surface area contributed by atoms with Crippen LogP contribution in [0.5, 0.6) is 0 Å². The van der Waals surface area contributed by atoms with E-state index in [4.69, 9.17) is 32.5 Å². The molecule has 2 aliphatic carbocycles. The molecule has 0 spiro atoms. The number of ether oxygens (including phenoxy) is 1. The van der Waals surface area contributed by atoms with Crippen LogP contribution < -0.4 is 5.32 Å². The minimum Gasteiger partial charge on any atom is -0.373 e. The van der Waals surface area contributed by atoms with Gasteiger partial charge in [0.2, 0.25) is 0 Å². The lowest BCUT2D eigenvalue weighted by Crippen LogP contribution is -2.34. The number of nitrogens with zero attached hydrogens (tertiary/aromatic N) is 1. The van der Waals surface area contributed by atoms with Gasteiger partial charge in [0.25, 0.3) is 0 Å². The van der Waals surface area contributed by atoms with Crippen LogP contribution in [0.15, 0.2) is 22.7 Å². The van der Waals surface area contributed by atoms with Crippen LogP contribution >= 0.6 is 35.6 Å². The van der Waals surface area contributed by atoms with E-state index >= 15 is 0 Å². The molecule has 2 heterocycles. The average Bonchev–Trinajstić information content (AvgIpc) is 3.03. The van der Waals surface area contributed by atoms with E-state index in [0.29, 0.717) is 40.6 Å². The number of hydrogen-bond acceptors (Lipinski definition) is 4. The highest BCUT2D eigenvalue weighted by Crippen LogP contribution is 2.46. The smallest absolute Gasteiger partial charge is 0.145 e. The highest BCUT2D eigenvalue weighted by atomic mass is 35.5. The molecule has 0 unspecified atom stereocenters. The molecule has 2 aromatic rings. The first kappa shape index (κ1) is 18.6. The molecule has 5 rings (SSSR count). The Morgan fingerprint density at radius 2 is 1.96 bits per heavy atom. The maximum atomic E-state index is 6.40. The van der Waals surface area contributed by atoms with Crippen molar-refractivity contribution < 1.29 is 9.26 Å². The topological polar surface area (TPSA) is 47.3 Å². The van der Waals surface area contributed by atoms with Gasteiger partial charge in [0, 0.05) is 29.6 Å². The van der Waals surface area contributed by atoms with Gasteiger partial charge in [-0.25, -0.2) is 0 Å². The van der Waals surface area contributed by atoms with Gasteiger partial charge in [0.15, 0.2) is 0 Å². The molecule has 1 N–H and O–H groups in total. The Kier molecular flexibility index (Phi) is 5.23. The van der Waals surface area contributed by atoms with Crippen molar-refractivity contribution in [1.82, 2.24) is 10.5 Å². The van der Waals surface area contributed by atoms with E-state index in [1.807, 2.05) is 18.2 Å². The largest absolute Gasteiger partial charge is 0.373 e. The van der Waals surface area contributed by atoms with Crippen LogP contribution in [0.4, 0.5) is 0 Å². The van der Waals surface area contributed by atoms with E-state index < -0.39 is 0 Å². The summed E-state index contributed by atoms with van der Waals surface area (Å²) >= 11 is 12.8. The summed E-state index contributed by atoms with van der Waals surface area (Å²) in [6, 6.07) is 6.13. The molecule has 3 aliphatic rings. The summed E-state index contributed by atoms with van der Waals surface area (Å²) in [6.45, 7) is 1.58. The van der Waals surface area contributed by atoms with Gasteiger partial charge >= 0.3 is 0 Å². The Balaban J connectivity index is 0.00000168. The summed E-state index contributed by atoms with van der Waals surface area (Å²) in [5.41, 5.74) is 2.50. The molecule has 1 aromatic carbocycles. The zero-order chi connectivity index (χ0) is 17.0. The van der Waals surface area contributed by atoms with Gasteiger partial charge in [0.1, 0.15) is 11.5 Å². The second-order valence-electron chi connectivity index (χ2n) is 7.43. The van der Waals surface area contributed by atoms with Gasteiger partial charge in [-0.15, -0.1) is 12.4 Å². The first-order chi connectivity index (χ1) is 12.2. The molecule has 3 fully saturated rings. The van der Waals surface area contributed by atoms with Crippen LogP contribution in [0, 0.1) is 5.92 Å². The Bertz CT molecular complexity index is 786. The summed E-state index contributed by atoms with van der Waals surface area (Å²) in [6.07, 6.45) is 4.94. The third-order valence-electron chi connectivity index (χ3n) is 5.71. The molecule has 26 heavy (non-hydrogen) atoms. The van der Waals surface area contributed by atoms with Crippen molar-refractivity contribution in [2.75, 3.05) is 6.54 Å². The van der Waals surface area contributed by atoms with Gasteiger partial charge < -0.3 is 14.6 Å². The number of fused-ring (bicyclic) bond motifs is 2. The molecular weight excluding hydrogens is 395 g/mol. The maximum Gasteiger partial charge on any atom is 0.145 e. The lowest BCUT2D eigenvalue weighted by Gasteiger charge is -2.23. The van der Waals surface area contributed by atoms with E-state index in [1.165, 1.54) is 6.42 Å². The number of piperidine rings is 1. The predicted octanol–water partition coefficient (Wildman–Crippen LogP) is 5.21. The van der Waals surface area contributed by atoms with Crippen LogP contribution in [0.1, 0.15) is 42.9 Å². The molecule has 1 saturated heterocycles. The number of benzene rings is 1. The van der Waals surface area contributed by atoms with Crippen LogP contribution in [-0.2, 0) is 11.3 Å². The molecule has 2 saturated carbocycles. The van der Waals surface area contributed by atoms with Gasteiger partial charge in [-0.2, -0.15) is 0 Å². The van der Waals surface area contributed by atoms with Crippen molar-refractivity contribution in [1.29, 1.82) is 0 Å². The van der Waals surface area contributed by atoms with Crippen LogP contribution in [-0.4, -0.2) is 23.8 Å². The summed E-state index contributed by atoms with van der Waals surface area (Å²) in [7, 11) is 0. The molecule has 1 aromatic heterocycles. The first-order valence-electron chi connectivity index (χ1n) is 8.98.